The molecular weight excluding hydrogens is 297 g/mol. The second-order valence-corrected chi connectivity index (χ2v) is 7.63. The van der Waals surface area contributed by atoms with Crippen LogP contribution in [0.3, 0.4) is 0 Å². The molecule has 0 atom stereocenters. The van der Waals surface area contributed by atoms with Crippen LogP contribution in [0.4, 0.5) is 10.2 Å². The van der Waals surface area contributed by atoms with Crippen LogP contribution >= 0.6 is 11.9 Å². The number of hydrogen-bond donors (Lipinski definition) is 1. The Kier molecular flexibility index (Phi) is 3.16. The quantitative estimate of drug-likeness (QED) is 0.869. The lowest BCUT2D eigenvalue weighted by atomic mass is 9.97. The normalized spacial score (nSPS) is 17.6. The summed E-state index contributed by atoms with van der Waals surface area (Å²) in [5, 5.41) is 3.37. The number of anilines is 1. The molecule has 4 rings (SSSR count). The number of benzene rings is 1. The first-order chi connectivity index (χ1) is 10.6. The topological polar surface area (TPSA) is 28.2 Å². The Labute approximate surface area is 134 Å². The molecule has 2 aliphatic rings. The summed E-state index contributed by atoms with van der Waals surface area (Å²) in [5.74, 6) is 0.805. The van der Waals surface area contributed by atoms with Gasteiger partial charge in [-0.1, -0.05) is 12.1 Å². The minimum atomic E-state index is -0.168. The van der Waals surface area contributed by atoms with E-state index in [1.165, 1.54) is 30.4 Å². The maximum atomic E-state index is 14.8. The standard InChI is InChI=1S/C17H18FN3S/c1-21(2)22-14-5-3-4-12(15(14)18)11-8-13-16(19-9-11)20-10-17(13)6-7-17/h3-5,8-9H,6-7,10H2,1-2H3,(H,19,20). The predicted molar refractivity (Wildman–Crippen MR) is 88.6 cm³/mol. The Hall–Kier alpha value is -1.59. The number of hydrogen-bond acceptors (Lipinski definition) is 4. The van der Waals surface area contributed by atoms with Crippen LogP contribution < -0.4 is 5.32 Å². The van der Waals surface area contributed by atoms with Gasteiger partial charge in [-0.2, -0.15) is 0 Å². The molecule has 1 aliphatic heterocycles. The molecule has 114 valence electrons. The molecule has 2 aromatic rings. The van der Waals surface area contributed by atoms with Gasteiger partial charge in [0, 0.05) is 34.8 Å². The molecule has 0 bridgehead atoms. The van der Waals surface area contributed by atoms with E-state index in [2.05, 4.69) is 16.4 Å². The van der Waals surface area contributed by atoms with Crippen LogP contribution in [0.15, 0.2) is 35.4 Å². The number of fused-ring (bicyclic) bond motifs is 2. The van der Waals surface area contributed by atoms with Gasteiger partial charge in [-0.3, -0.25) is 4.31 Å². The maximum Gasteiger partial charge on any atom is 0.145 e. The van der Waals surface area contributed by atoms with Crippen molar-refractivity contribution >= 4 is 17.8 Å². The Morgan fingerprint density at radius 3 is 2.86 bits per heavy atom. The fourth-order valence-corrected chi connectivity index (χ4v) is 3.83. The predicted octanol–water partition coefficient (Wildman–Crippen LogP) is 3.91. The van der Waals surface area contributed by atoms with E-state index in [9.17, 15) is 4.39 Å². The van der Waals surface area contributed by atoms with E-state index >= 15 is 0 Å². The monoisotopic (exact) mass is 315 g/mol. The highest BCUT2D eigenvalue weighted by Crippen LogP contribution is 2.54. The molecule has 0 unspecified atom stereocenters. The van der Waals surface area contributed by atoms with E-state index in [4.69, 9.17) is 0 Å². The SMILES string of the molecule is CN(C)Sc1cccc(-c2cnc3c(c2)C2(CC2)CN3)c1F. The lowest BCUT2D eigenvalue weighted by Crippen LogP contribution is -2.08. The van der Waals surface area contributed by atoms with Gasteiger partial charge < -0.3 is 5.32 Å². The highest BCUT2D eigenvalue weighted by atomic mass is 32.2. The van der Waals surface area contributed by atoms with E-state index < -0.39 is 0 Å². The van der Waals surface area contributed by atoms with E-state index in [0.717, 1.165) is 17.9 Å². The summed E-state index contributed by atoms with van der Waals surface area (Å²) < 4.78 is 16.7. The summed E-state index contributed by atoms with van der Waals surface area (Å²) in [6.45, 7) is 0.970. The maximum absolute atomic E-state index is 14.8. The van der Waals surface area contributed by atoms with Crippen molar-refractivity contribution in [3.05, 3.63) is 41.8 Å². The van der Waals surface area contributed by atoms with Crippen LogP contribution in [-0.4, -0.2) is 29.9 Å². The molecule has 1 aromatic carbocycles. The zero-order valence-electron chi connectivity index (χ0n) is 12.7. The Morgan fingerprint density at radius 1 is 1.32 bits per heavy atom. The van der Waals surface area contributed by atoms with Crippen molar-refractivity contribution in [2.45, 2.75) is 23.2 Å². The molecule has 1 saturated carbocycles. The zero-order chi connectivity index (χ0) is 15.3. The van der Waals surface area contributed by atoms with Crippen molar-refractivity contribution in [1.29, 1.82) is 0 Å². The van der Waals surface area contributed by atoms with Gasteiger partial charge >= 0.3 is 0 Å². The van der Waals surface area contributed by atoms with Crippen LogP contribution in [0.25, 0.3) is 11.1 Å². The molecule has 5 heteroatoms. The lowest BCUT2D eigenvalue weighted by Gasteiger charge is -2.13. The molecule has 0 amide bonds. The molecule has 2 heterocycles. The van der Waals surface area contributed by atoms with Gasteiger partial charge in [0.05, 0.1) is 4.90 Å². The first-order valence-electron chi connectivity index (χ1n) is 7.48. The largest absolute Gasteiger partial charge is 0.369 e. The van der Waals surface area contributed by atoms with Gasteiger partial charge in [0.15, 0.2) is 0 Å². The fraction of sp³-hybridized carbons (Fsp3) is 0.353. The molecule has 0 radical (unpaired) electrons. The average molecular weight is 315 g/mol. The van der Waals surface area contributed by atoms with Crippen molar-refractivity contribution in [3.8, 4) is 11.1 Å². The summed E-state index contributed by atoms with van der Waals surface area (Å²) in [6.07, 6.45) is 4.18. The highest BCUT2D eigenvalue weighted by molar-refractivity contribution is 7.97. The first-order valence-corrected chi connectivity index (χ1v) is 8.25. The second kappa shape index (κ2) is 4.96. The molecule has 1 spiro atoms. The smallest absolute Gasteiger partial charge is 0.145 e. The summed E-state index contributed by atoms with van der Waals surface area (Å²) >= 11 is 1.40. The number of pyridine rings is 1. The molecule has 1 N–H and O–H groups in total. The molecule has 22 heavy (non-hydrogen) atoms. The van der Waals surface area contributed by atoms with Crippen LogP contribution in [0.1, 0.15) is 18.4 Å². The second-order valence-electron chi connectivity index (χ2n) is 6.28. The zero-order valence-corrected chi connectivity index (χ0v) is 13.5. The molecule has 1 fully saturated rings. The average Bonchev–Trinajstić information content (AvgIpc) is 3.19. The van der Waals surface area contributed by atoms with Gasteiger partial charge in [0.2, 0.25) is 0 Å². The minimum Gasteiger partial charge on any atom is -0.369 e. The third kappa shape index (κ3) is 2.20. The van der Waals surface area contributed by atoms with Crippen molar-refractivity contribution < 1.29 is 4.39 Å². The van der Waals surface area contributed by atoms with Gasteiger partial charge in [-0.15, -0.1) is 0 Å². The summed E-state index contributed by atoms with van der Waals surface area (Å²) in [5.41, 5.74) is 3.03. The number of rotatable bonds is 3. The van der Waals surface area contributed by atoms with E-state index in [0.29, 0.717) is 10.5 Å². The Bertz CT molecular complexity index is 741. The van der Waals surface area contributed by atoms with Crippen LogP contribution in [-0.2, 0) is 5.41 Å². The minimum absolute atomic E-state index is 0.168. The van der Waals surface area contributed by atoms with E-state index in [1.807, 2.05) is 36.6 Å². The third-order valence-electron chi connectivity index (χ3n) is 4.46. The molecule has 1 aliphatic carbocycles. The highest BCUT2D eigenvalue weighted by Gasteiger charge is 2.49. The first kappa shape index (κ1) is 14.0. The number of aromatic nitrogens is 1. The summed E-state index contributed by atoms with van der Waals surface area (Å²) in [6, 6.07) is 7.68. The number of nitrogens with one attached hydrogen (secondary N) is 1. The fourth-order valence-electron chi connectivity index (χ4n) is 3.10. The number of halogens is 1. The Balaban J connectivity index is 1.77. The molecular formula is C17H18FN3S. The van der Waals surface area contributed by atoms with Crippen molar-refractivity contribution in [2.24, 2.45) is 0 Å². The molecule has 1 aromatic heterocycles. The summed E-state index contributed by atoms with van der Waals surface area (Å²) in [7, 11) is 3.83. The van der Waals surface area contributed by atoms with E-state index in [1.54, 1.807) is 6.20 Å². The lowest BCUT2D eigenvalue weighted by molar-refractivity contribution is 0.600. The third-order valence-corrected chi connectivity index (χ3v) is 5.34. The van der Waals surface area contributed by atoms with Crippen LogP contribution in [0.2, 0.25) is 0 Å². The number of nitrogens with zero attached hydrogens (tertiary/aromatic N) is 2. The van der Waals surface area contributed by atoms with Crippen LogP contribution in [0, 0.1) is 5.82 Å². The van der Waals surface area contributed by atoms with Crippen LogP contribution in [0.5, 0.6) is 0 Å². The molecule has 3 nitrogen and oxygen atoms in total. The van der Waals surface area contributed by atoms with Crippen molar-refractivity contribution in [3.63, 3.8) is 0 Å². The van der Waals surface area contributed by atoms with Gasteiger partial charge in [0.25, 0.3) is 0 Å². The van der Waals surface area contributed by atoms with Gasteiger partial charge in [0.1, 0.15) is 11.6 Å². The summed E-state index contributed by atoms with van der Waals surface area (Å²) in [4.78, 5) is 5.15. The van der Waals surface area contributed by atoms with Crippen molar-refractivity contribution in [1.82, 2.24) is 9.29 Å². The Morgan fingerprint density at radius 2 is 2.14 bits per heavy atom. The van der Waals surface area contributed by atoms with E-state index in [-0.39, 0.29) is 11.2 Å². The van der Waals surface area contributed by atoms with Gasteiger partial charge in [-0.05, 0) is 51.0 Å². The van der Waals surface area contributed by atoms with Gasteiger partial charge in [-0.25, -0.2) is 9.37 Å². The van der Waals surface area contributed by atoms with Crippen molar-refractivity contribution in [2.75, 3.05) is 26.0 Å². The molecule has 0 saturated heterocycles.